The van der Waals surface area contributed by atoms with Gasteiger partial charge in [-0.2, -0.15) is 0 Å². The highest BCUT2D eigenvalue weighted by molar-refractivity contribution is 7.71. The molecule has 0 spiro atoms. The second-order valence-electron chi connectivity index (χ2n) is 6.53. The molecule has 1 fully saturated rings. The van der Waals surface area contributed by atoms with Crippen LogP contribution in [0.5, 0.6) is 0 Å². The van der Waals surface area contributed by atoms with Crippen LogP contribution in [0.3, 0.4) is 0 Å². The molecule has 1 aliphatic heterocycles. The van der Waals surface area contributed by atoms with Gasteiger partial charge in [-0.05, 0) is 42.5 Å². The molecule has 2 amide bonds. The van der Waals surface area contributed by atoms with Gasteiger partial charge in [-0.15, -0.1) is 0 Å². The lowest BCUT2D eigenvalue weighted by Crippen LogP contribution is -2.28. The fraction of sp³-hybridized carbons (Fsp3) is 0.150. The van der Waals surface area contributed by atoms with Crippen LogP contribution in [0.1, 0.15) is 6.42 Å². The first-order chi connectivity index (χ1) is 13.5. The van der Waals surface area contributed by atoms with E-state index in [1.54, 1.807) is 41.2 Å². The van der Waals surface area contributed by atoms with Crippen molar-refractivity contribution in [1.82, 2.24) is 9.55 Å². The SMILES string of the molecule is O=C(Nc1cccc(-n2cc[nH]c2=S)c1)C1CC(=O)N(c2ccccc2F)C1. The average molecular weight is 396 g/mol. The number of hydrogen-bond acceptors (Lipinski definition) is 3. The van der Waals surface area contributed by atoms with Crippen molar-refractivity contribution >= 4 is 35.4 Å². The molecule has 142 valence electrons. The molecule has 8 heteroatoms. The van der Waals surface area contributed by atoms with Gasteiger partial charge >= 0.3 is 0 Å². The zero-order valence-electron chi connectivity index (χ0n) is 14.8. The summed E-state index contributed by atoms with van der Waals surface area (Å²) >= 11 is 5.22. The van der Waals surface area contributed by atoms with Gasteiger partial charge in [0.15, 0.2) is 4.77 Å². The van der Waals surface area contributed by atoms with E-state index >= 15 is 0 Å². The van der Waals surface area contributed by atoms with Crippen molar-refractivity contribution in [2.45, 2.75) is 6.42 Å². The van der Waals surface area contributed by atoms with Gasteiger partial charge in [-0.25, -0.2) is 4.39 Å². The molecule has 1 atom stereocenters. The molecule has 3 aromatic rings. The highest BCUT2D eigenvalue weighted by Crippen LogP contribution is 2.28. The second kappa shape index (κ2) is 7.40. The zero-order chi connectivity index (χ0) is 19.7. The molecular weight excluding hydrogens is 379 g/mol. The number of aromatic amines is 1. The summed E-state index contributed by atoms with van der Waals surface area (Å²) in [5.74, 6) is -1.57. The molecule has 1 aliphatic rings. The number of hydrogen-bond donors (Lipinski definition) is 2. The Balaban J connectivity index is 1.49. The van der Waals surface area contributed by atoms with Crippen LogP contribution in [0.4, 0.5) is 15.8 Å². The number of aromatic nitrogens is 2. The third-order valence-electron chi connectivity index (χ3n) is 4.68. The summed E-state index contributed by atoms with van der Waals surface area (Å²) in [7, 11) is 0. The number of rotatable bonds is 4. The lowest BCUT2D eigenvalue weighted by molar-refractivity contribution is -0.122. The first-order valence-electron chi connectivity index (χ1n) is 8.75. The summed E-state index contributed by atoms with van der Waals surface area (Å²) in [6.45, 7) is 0.147. The molecule has 6 nitrogen and oxygen atoms in total. The van der Waals surface area contributed by atoms with E-state index in [4.69, 9.17) is 12.2 Å². The van der Waals surface area contributed by atoms with Gasteiger partial charge < -0.3 is 15.2 Å². The summed E-state index contributed by atoms with van der Waals surface area (Å²) in [6, 6.07) is 13.3. The maximum absolute atomic E-state index is 14.0. The van der Waals surface area contributed by atoms with E-state index in [0.717, 1.165) is 5.69 Å². The van der Waals surface area contributed by atoms with Gasteiger partial charge in [0, 0.05) is 36.7 Å². The lowest BCUT2D eigenvalue weighted by Gasteiger charge is -2.17. The Bertz CT molecular complexity index is 1110. The van der Waals surface area contributed by atoms with Crippen LogP contribution in [-0.4, -0.2) is 27.9 Å². The minimum atomic E-state index is -0.551. The predicted molar refractivity (Wildman–Crippen MR) is 106 cm³/mol. The Morgan fingerprint density at radius 3 is 2.79 bits per heavy atom. The van der Waals surface area contributed by atoms with Crippen molar-refractivity contribution in [3.63, 3.8) is 0 Å². The molecule has 1 aromatic heterocycles. The maximum atomic E-state index is 14.0. The number of anilines is 2. The first-order valence-corrected chi connectivity index (χ1v) is 9.16. The number of imidazole rings is 1. The van der Waals surface area contributed by atoms with Crippen LogP contribution in [-0.2, 0) is 9.59 Å². The number of H-pyrrole nitrogens is 1. The smallest absolute Gasteiger partial charge is 0.229 e. The molecule has 1 unspecified atom stereocenters. The van der Waals surface area contributed by atoms with Crippen molar-refractivity contribution in [2.75, 3.05) is 16.8 Å². The maximum Gasteiger partial charge on any atom is 0.229 e. The van der Waals surface area contributed by atoms with Gasteiger partial charge in [-0.3, -0.25) is 14.2 Å². The second-order valence-corrected chi connectivity index (χ2v) is 6.92. The van der Waals surface area contributed by atoms with E-state index in [-0.39, 0.29) is 30.5 Å². The van der Waals surface area contributed by atoms with Gasteiger partial charge in [-0.1, -0.05) is 18.2 Å². The number of carbonyl (C=O) groups is 2. The molecule has 0 aliphatic carbocycles. The van der Waals surface area contributed by atoms with Gasteiger partial charge in [0.05, 0.1) is 11.6 Å². The monoisotopic (exact) mass is 396 g/mol. The van der Waals surface area contributed by atoms with Gasteiger partial charge in [0.25, 0.3) is 0 Å². The molecular formula is C20H17FN4O2S. The zero-order valence-corrected chi connectivity index (χ0v) is 15.6. The Morgan fingerprint density at radius 2 is 2.04 bits per heavy atom. The Hall–Kier alpha value is -3.26. The van der Waals surface area contributed by atoms with E-state index in [0.29, 0.717) is 10.5 Å². The number of nitrogens with zero attached hydrogens (tertiary/aromatic N) is 2. The molecule has 0 saturated carbocycles. The third kappa shape index (κ3) is 3.46. The van der Waals surface area contributed by atoms with Crippen molar-refractivity contribution in [3.8, 4) is 5.69 Å². The minimum absolute atomic E-state index is 0.0444. The van der Waals surface area contributed by atoms with Crippen LogP contribution in [0, 0.1) is 16.5 Å². The summed E-state index contributed by atoms with van der Waals surface area (Å²) in [5, 5.41) is 2.84. The summed E-state index contributed by atoms with van der Waals surface area (Å²) in [5.41, 5.74) is 1.61. The average Bonchev–Trinajstić information content (AvgIpc) is 3.28. The number of benzene rings is 2. The molecule has 2 N–H and O–H groups in total. The van der Waals surface area contributed by atoms with Gasteiger partial charge in [0.1, 0.15) is 5.82 Å². The van der Waals surface area contributed by atoms with Crippen molar-refractivity contribution in [2.24, 2.45) is 5.92 Å². The molecule has 4 rings (SSSR count). The summed E-state index contributed by atoms with van der Waals surface area (Å²) < 4.78 is 16.3. The fourth-order valence-electron chi connectivity index (χ4n) is 3.29. The number of para-hydroxylation sites is 1. The standard InChI is InChI=1S/C20H17FN4O2S/c21-16-6-1-2-7-17(16)25-12-13(10-18(25)26)19(27)23-14-4-3-5-15(11-14)24-9-8-22-20(24)28/h1-9,11,13H,10,12H2,(H,22,28)(H,23,27). The van der Waals surface area contributed by atoms with Crippen LogP contribution in [0.25, 0.3) is 5.69 Å². The molecule has 28 heavy (non-hydrogen) atoms. The fourth-order valence-corrected chi connectivity index (χ4v) is 3.52. The number of carbonyl (C=O) groups excluding carboxylic acids is 2. The molecule has 1 saturated heterocycles. The minimum Gasteiger partial charge on any atom is -0.337 e. The quantitative estimate of drug-likeness (QED) is 0.661. The van der Waals surface area contributed by atoms with Crippen molar-refractivity contribution in [3.05, 3.63) is 71.5 Å². The molecule has 0 bridgehead atoms. The highest BCUT2D eigenvalue weighted by atomic mass is 32.1. The largest absolute Gasteiger partial charge is 0.337 e. The molecule has 0 radical (unpaired) electrons. The summed E-state index contributed by atoms with van der Waals surface area (Å²) in [4.78, 5) is 29.2. The Morgan fingerprint density at radius 1 is 1.21 bits per heavy atom. The van der Waals surface area contributed by atoms with Crippen LogP contribution in [0.2, 0.25) is 0 Å². The lowest BCUT2D eigenvalue weighted by atomic mass is 10.1. The molecule has 2 aromatic carbocycles. The van der Waals surface area contributed by atoms with E-state index in [9.17, 15) is 14.0 Å². The van der Waals surface area contributed by atoms with Gasteiger partial charge in [0.2, 0.25) is 11.8 Å². The summed E-state index contributed by atoms with van der Waals surface area (Å²) in [6.07, 6.45) is 3.57. The first kappa shape index (κ1) is 18.1. The van der Waals surface area contributed by atoms with Crippen molar-refractivity contribution < 1.29 is 14.0 Å². The number of amides is 2. The normalized spacial score (nSPS) is 16.4. The van der Waals surface area contributed by atoms with Crippen molar-refractivity contribution in [1.29, 1.82) is 0 Å². The molecule has 2 heterocycles. The van der Waals surface area contributed by atoms with E-state index < -0.39 is 11.7 Å². The van der Waals surface area contributed by atoms with Crippen LogP contribution >= 0.6 is 12.2 Å². The van der Waals surface area contributed by atoms with E-state index in [2.05, 4.69) is 10.3 Å². The van der Waals surface area contributed by atoms with Crippen LogP contribution in [0.15, 0.2) is 60.9 Å². The number of halogens is 1. The number of nitrogens with one attached hydrogen (secondary N) is 2. The third-order valence-corrected chi connectivity index (χ3v) is 4.99. The Kier molecular flexibility index (Phi) is 4.79. The predicted octanol–water partition coefficient (Wildman–Crippen LogP) is 3.67. The van der Waals surface area contributed by atoms with E-state index in [1.165, 1.54) is 17.0 Å². The van der Waals surface area contributed by atoms with Crippen LogP contribution < -0.4 is 10.2 Å². The topological polar surface area (TPSA) is 70.1 Å². The van der Waals surface area contributed by atoms with E-state index in [1.807, 2.05) is 12.1 Å². The Labute approximate surface area is 165 Å². The highest BCUT2D eigenvalue weighted by Gasteiger charge is 2.36.